The average molecular weight is 352 g/mol. The Bertz CT molecular complexity index is 721. The Morgan fingerprint density at radius 3 is 2.69 bits per heavy atom. The van der Waals surface area contributed by atoms with Crippen LogP contribution in [0.4, 0.5) is 0 Å². The Hall–Kier alpha value is -2.14. The number of nitrogens with zero attached hydrogens (tertiary/aromatic N) is 2. The molecule has 2 N–H and O–H groups in total. The number of benzene rings is 1. The van der Waals surface area contributed by atoms with Crippen LogP contribution in [0.25, 0.3) is 0 Å². The smallest absolute Gasteiger partial charge is 0.271 e. The second-order valence-corrected chi connectivity index (χ2v) is 7.63. The molecular weight excluding hydrogens is 324 g/mol. The quantitative estimate of drug-likeness (QED) is 0.860. The Balaban J connectivity index is 1.44. The summed E-state index contributed by atoms with van der Waals surface area (Å²) in [6.45, 7) is 2.02. The summed E-state index contributed by atoms with van der Waals surface area (Å²) in [7, 11) is 0. The molecule has 1 amide bonds. The van der Waals surface area contributed by atoms with Gasteiger partial charge in [-0.05, 0) is 43.9 Å². The number of carbonyl (C=O) groups is 1. The minimum absolute atomic E-state index is 0.0372. The maximum Gasteiger partial charge on any atom is 0.271 e. The van der Waals surface area contributed by atoms with Gasteiger partial charge in [0.15, 0.2) is 0 Å². The summed E-state index contributed by atoms with van der Waals surface area (Å²) >= 11 is 0. The highest BCUT2D eigenvalue weighted by molar-refractivity contribution is 5.92. The highest BCUT2D eigenvalue weighted by atomic mass is 16.2. The van der Waals surface area contributed by atoms with Crippen molar-refractivity contribution in [1.82, 2.24) is 20.4 Å². The van der Waals surface area contributed by atoms with Crippen LogP contribution in [-0.2, 0) is 6.54 Å². The van der Waals surface area contributed by atoms with Gasteiger partial charge >= 0.3 is 0 Å². The summed E-state index contributed by atoms with van der Waals surface area (Å²) < 4.78 is 0. The van der Waals surface area contributed by atoms with Crippen molar-refractivity contribution in [3.8, 4) is 0 Å². The van der Waals surface area contributed by atoms with E-state index in [0.29, 0.717) is 17.8 Å². The van der Waals surface area contributed by atoms with Crippen LogP contribution < -0.4 is 5.32 Å². The van der Waals surface area contributed by atoms with Gasteiger partial charge in [-0.15, -0.1) is 0 Å². The summed E-state index contributed by atoms with van der Waals surface area (Å²) in [5.41, 5.74) is 2.92. The van der Waals surface area contributed by atoms with E-state index < -0.39 is 0 Å². The van der Waals surface area contributed by atoms with Crippen molar-refractivity contribution in [2.75, 3.05) is 6.54 Å². The molecular formula is C21H28N4O. The monoisotopic (exact) mass is 352 g/mol. The third-order valence-electron chi connectivity index (χ3n) is 5.72. The van der Waals surface area contributed by atoms with Gasteiger partial charge in [0.1, 0.15) is 5.69 Å². The molecule has 1 aliphatic heterocycles. The van der Waals surface area contributed by atoms with Crippen LogP contribution >= 0.6 is 0 Å². The van der Waals surface area contributed by atoms with Gasteiger partial charge in [0.05, 0.1) is 11.7 Å². The maximum atomic E-state index is 12.5. The van der Waals surface area contributed by atoms with E-state index in [2.05, 4.69) is 50.7 Å². The third kappa shape index (κ3) is 3.98. The minimum Gasteiger partial charge on any atom is -0.348 e. The van der Waals surface area contributed by atoms with Crippen LogP contribution in [0.15, 0.2) is 36.4 Å². The zero-order valence-electron chi connectivity index (χ0n) is 15.3. The van der Waals surface area contributed by atoms with E-state index in [1.54, 1.807) is 0 Å². The second-order valence-electron chi connectivity index (χ2n) is 7.63. The predicted molar refractivity (Wildman–Crippen MR) is 102 cm³/mol. The van der Waals surface area contributed by atoms with Gasteiger partial charge in [0.2, 0.25) is 0 Å². The Labute approximate surface area is 155 Å². The molecule has 5 heteroatoms. The number of rotatable bonds is 5. The van der Waals surface area contributed by atoms with Gasteiger partial charge in [-0.25, -0.2) is 0 Å². The number of aromatic amines is 1. The molecule has 0 radical (unpaired) electrons. The molecule has 1 saturated carbocycles. The Morgan fingerprint density at radius 1 is 1.12 bits per heavy atom. The lowest BCUT2D eigenvalue weighted by Gasteiger charge is -2.35. The number of carbonyl (C=O) groups excluding carboxylic acids is 1. The first kappa shape index (κ1) is 17.3. The lowest BCUT2D eigenvalue weighted by Crippen LogP contribution is -2.33. The van der Waals surface area contributed by atoms with Gasteiger partial charge in [-0.2, -0.15) is 5.10 Å². The predicted octanol–water partition coefficient (Wildman–Crippen LogP) is 3.81. The lowest BCUT2D eigenvalue weighted by molar-refractivity contribution is 0.0932. The van der Waals surface area contributed by atoms with E-state index in [0.717, 1.165) is 38.0 Å². The maximum absolute atomic E-state index is 12.5. The molecule has 4 rings (SSSR count). The molecule has 0 bridgehead atoms. The van der Waals surface area contributed by atoms with Crippen molar-refractivity contribution in [2.45, 2.75) is 63.6 Å². The number of hydrogen-bond acceptors (Lipinski definition) is 3. The molecule has 0 spiro atoms. The fourth-order valence-corrected chi connectivity index (χ4v) is 4.30. The molecule has 1 unspecified atom stereocenters. The minimum atomic E-state index is -0.0372. The fourth-order valence-electron chi connectivity index (χ4n) is 4.30. The first-order valence-electron chi connectivity index (χ1n) is 9.94. The molecule has 138 valence electrons. The molecule has 5 nitrogen and oxygen atoms in total. The van der Waals surface area contributed by atoms with Crippen LogP contribution in [0.3, 0.4) is 0 Å². The normalized spacial score (nSPS) is 21.8. The van der Waals surface area contributed by atoms with Crippen molar-refractivity contribution in [3.05, 3.63) is 53.3 Å². The first-order valence-corrected chi connectivity index (χ1v) is 9.94. The van der Waals surface area contributed by atoms with E-state index in [1.807, 2.05) is 6.07 Å². The number of H-pyrrole nitrogens is 1. The van der Waals surface area contributed by atoms with Gasteiger partial charge < -0.3 is 5.32 Å². The number of piperidine rings is 1. The summed E-state index contributed by atoms with van der Waals surface area (Å²) in [5, 5.41) is 10.6. The number of hydrogen-bond donors (Lipinski definition) is 2. The van der Waals surface area contributed by atoms with E-state index in [1.165, 1.54) is 31.2 Å². The van der Waals surface area contributed by atoms with Gasteiger partial charge in [0.25, 0.3) is 5.91 Å². The van der Waals surface area contributed by atoms with Crippen molar-refractivity contribution in [1.29, 1.82) is 0 Å². The Morgan fingerprint density at radius 2 is 1.88 bits per heavy atom. The van der Waals surface area contributed by atoms with E-state index in [9.17, 15) is 4.79 Å². The standard InChI is InChI=1S/C21H28N4O/c26-21(22-17-10-4-5-11-17)19-14-18(23-24-19)20-12-6-7-13-25(20)15-16-8-2-1-3-9-16/h1-3,8-9,14,17,20H,4-7,10-13,15H2,(H,22,26)(H,23,24). The molecule has 26 heavy (non-hydrogen) atoms. The van der Waals surface area contributed by atoms with Crippen molar-refractivity contribution < 1.29 is 4.79 Å². The van der Waals surface area contributed by atoms with Crippen LogP contribution in [0.2, 0.25) is 0 Å². The highest BCUT2D eigenvalue weighted by Gasteiger charge is 2.27. The van der Waals surface area contributed by atoms with E-state index in [4.69, 9.17) is 0 Å². The third-order valence-corrected chi connectivity index (χ3v) is 5.72. The van der Waals surface area contributed by atoms with Crippen LogP contribution in [0.1, 0.15) is 72.7 Å². The van der Waals surface area contributed by atoms with E-state index >= 15 is 0 Å². The van der Waals surface area contributed by atoms with Crippen LogP contribution in [0, 0.1) is 0 Å². The molecule has 2 fully saturated rings. The van der Waals surface area contributed by atoms with E-state index in [-0.39, 0.29) is 5.91 Å². The lowest BCUT2D eigenvalue weighted by atomic mass is 9.98. The summed E-state index contributed by atoms with van der Waals surface area (Å²) in [5.74, 6) is -0.0372. The molecule has 2 aliphatic rings. The molecule has 2 heterocycles. The van der Waals surface area contributed by atoms with Crippen molar-refractivity contribution in [3.63, 3.8) is 0 Å². The zero-order chi connectivity index (χ0) is 17.8. The van der Waals surface area contributed by atoms with Gasteiger partial charge in [-0.3, -0.25) is 14.8 Å². The molecule has 1 atom stereocenters. The van der Waals surface area contributed by atoms with Crippen LogP contribution in [0.5, 0.6) is 0 Å². The molecule has 1 aromatic heterocycles. The van der Waals surface area contributed by atoms with Crippen molar-refractivity contribution in [2.24, 2.45) is 0 Å². The number of aromatic nitrogens is 2. The largest absolute Gasteiger partial charge is 0.348 e. The average Bonchev–Trinajstić information content (AvgIpc) is 3.35. The summed E-state index contributed by atoms with van der Waals surface area (Å²) in [6, 6.07) is 13.2. The highest BCUT2D eigenvalue weighted by Crippen LogP contribution is 2.31. The Kier molecular flexibility index (Phi) is 5.34. The van der Waals surface area contributed by atoms with Gasteiger partial charge in [-0.1, -0.05) is 49.6 Å². The number of nitrogens with one attached hydrogen (secondary N) is 2. The number of likely N-dealkylation sites (tertiary alicyclic amines) is 1. The molecule has 2 aromatic rings. The number of amides is 1. The second kappa shape index (κ2) is 8.04. The fraction of sp³-hybridized carbons (Fsp3) is 0.524. The first-order chi connectivity index (χ1) is 12.8. The molecule has 1 saturated heterocycles. The van der Waals surface area contributed by atoms with Crippen LogP contribution in [-0.4, -0.2) is 33.6 Å². The zero-order valence-corrected chi connectivity index (χ0v) is 15.3. The molecule has 1 aromatic carbocycles. The topological polar surface area (TPSA) is 61.0 Å². The van der Waals surface area contributed by atoms with Gasteiger partial charge in [0, 0.05) is 12.6 Å². The summed E-state index contributed by atoms with van der Waals surface area (Å²) in [4.78, 5) is 15.0. The molecule has 1 aliphatic carbocycles. The van der Waals surface area contributed by atoms with Crippen molar-refractivity contribution >= 4 is 5.91 Å². The summed E-state index contributed by atoms with van der Waals surface area (Å²) in [6.07, 6.45) is 8.18. The SMILES string of the molecule is O=C(NC1CCCC1)c1cc(C2CCCCN2Cc2ccccc2)[nH]n1.